The molecule has 1 heterocycles. The van der Waals surface area contributed by atoms with Crippen molar-refractivity contribution in [3.63, 3.8) is 0 Å². The van der Waals surface area contributed by atoms with Gasteiger partial charge < -0.3 is 4.90 Å². The number of nitrogens with zero attached hydrogens (tertiary/aromatic N) is 1. The summed E-state index contributed by atoms with van der Waals surface area (Å²) in [6.07, 6.45) is 0. The van der Waals surface area contributed by atoms with Crippen LogP contribution in [0.25, 0.3) is 0 Å². The van der Waals surface area contributed by atoms with E-state index >= 15 is 0 Å². The van der Waals surface area contributed by atoms with Gasteiger partial charge in [-0.15, -0.1) is 0 Å². The van der Waals surface area contributed by atoms with Gasteiger partial charge in [0.25, 0.3) is 5.91 Å². The highest BCUT2D eigenvalue weighted by molar-refractivity contribution is 9.10. The molecule has 2 aromatic rings. The maximum atomic E-state index is 13.0. The summed E-state index contributed by atoms with van der Waals surface area (Å²) in [5.41, 5.74) is 1.56. The van der Waals surface area contributed by atoms with Crippen LogP contribution in [-0.4, -0.2) is 17.9 Å². The second kappa shape index (κ2) is 5.63. The number of benzene rings is 1. The average Bonchev–Trinajstić information content (AvgIpc) is 2.81. The summed E-state index contributed by atoms with van der Waals surface area (Å²) in [7, 11) is 1.73. The first-order chi connectivity index (χ1) is 8.58. The minimum atomic E-state index is -0.362. The van der Waals surface area contributed by atoms with E-state index in [9.17, 15) is 9.18 Å². The van der Waals surface area contributed by atoms with Crippen molar-refractivity contribution >= 4 is 33.2 Å². The third-order valence-electron chi connectivity index (χ3n) is 2.51. The van der Waals surface area contributed by atoms with E-state index in [0.29, 0.717) is 16.6 Å². The fraction of sp³-hybridized carbons (Fsp3) is 0.154. The van der Waals surface area contributed by atoms with Crippen molar-refractivity contribution in [1.29, 1.82) is 0 Å². The van der Waals surface area contributed by atoms with Gasteiger partial charge in [0, 0.05) is 18.1 Å². The Labute approximate surface area is 117 Å². The number of rotatable bonds is 3. The molecule has 0 spiro atoms. The van der Waals surface area contributed by atoms with Crippen molar-refractivity contribution in [2.45, 2.75) is 6.54 Å². The van der Waals surface area contributed by atoms with Crippen molar-refractivity contribution in [1.82, 2.24) is 4.90 Å². The fourth-order valence-corrected chi connectivity index (χ4v) is 2.78. The Hall–Kier alpha value is -1.20. The second-order valence-electron chi connectivity index (χ2n) is 3.92. The number of hydrogen-bond acceptors (Lipinski definition) is 2. The van der Waals surface area contributed by atoms with Crippen LogP contribution in [0.2, 0.25) is 0 Å². The number of carbonyl (C=O) groups excluding carboxylic acids is 1. The lowest BCUT2D eigenvalue weighted by molar-refractivity contribution is 0.0784. The summed E-state index contributed by atoms with van der Waals surface area (Å²) in [6, 6.07) is 6.06. The molecule has 0 unspecified atom stereocenters. The predicted molar refractivity (Wildman–Crippen MR) is 74.2 cm³/mol. The molecule has 0 saturated heterocycles. The summed E-state index contributed by atoms with van der Waals surface area (Å²) in [4.78, 5) is 13.8. The molecule has 0 N–H and O–H groups in total. The minimum absolute atomic E-state index is 0.131. The third-order valence-corrected chi connectivity index (χ3v) is 3.90. The van der Waals surface area contributed by atoms with E-state index in [-0.39, 0.29) is 11.7 Å². The quantitative estimate of drug-likeness (QED) is 0.836. The second-order valence-corrected chi connectivity index (χ2v) is 5.55. The first kappa shape index (κ1) is 13.2. The average molecular weight is 328 g/mol. The Bertz CT molecular complexity index is 556. The van der Waals surface area contributed by atoms with Crippen LogP contribution in [0.3, 0.4) is 0 Å². The Kier molecular flexibility index (Phi) is 4.14. The van der Waals surface area contributed by atoms with E-state index in [0.717, 1.165) is 5.56 Å². The zero-order valence-electron chi connectivity index (χ0n) is 9.69. The molecule has 0 saturated carbocycles. The van der Waals surface area contributed by atoms with Gasteiger partial charge in [-0.1, -0.05) is 0 Å². The fourth-order valence-electron chi connectivity index (χ4n) is 1.60. The summed E-state index contributed by atoms with van der Waals surface area (Å²) < 4.78 is 13.4. The highest BCUT2D eigenvalue weighted by Crippen LogP contribution is 2.20. The van der Waals surface area contributed by atoms with Gasteiger partial charge >= 0.3 is 0 Å². The first-order valence-electron chi connectivity index (χ1n) is 5.29. The largest absolute Gasteiger partial charge is 0.337 e. The summed E-state index contributed by atoms with van der Waals surface area (Å²) in [5.74, 6) is -0.494. The highest BCUT2D eigenvalue weighted by Gasteiger charge is 2.15. The molecular formula is C13H11BrFNOS. The van der Waals surface area contributed by atoms with E-state index in [1.807, 2.05) is 16.8 Å². The number of amides is 1. The van der Waals surface area contributed by atoms with Crippen LogP contribution in [0.4, 0.5) is 4.39 Å². The monoisotopic (exact) mass is 327 g/mol. The van der Waals surface area contributed by atoms with Crippen LogP contribution in [0, 0.1) is 5.82 Å². The van der Waals surface area contributed by atoms with Crippen LogP contribution in [0.5, 0.6) is 0 Å². The van der Waals surface area contributed by atoms with Crippen LogP contribution >= 0.6 is 27.3 Å². The molecule has 0 fully saturated rings. The molecule has 1 aromatic carbocycles. The van der Waals surface area contributed by atoms with Gasteiger partial charge in [-0.05, 0) is 56.5 Å². The maximum absolute atomic E-state index is 13.0. The Morgan fingerprint density at radius 1 is 1.44 bits per heavy atom. The zero-order chi connectivity index (χ0) is 13.1. The summed E-state index contributed by atoms with van der Waals surface area (Å²) >= 11 is 4.81. The zero-order valence-corrected chi connectivity index (χ0v) is 12.1. The predicted octanol–water partition coefficient (Wildman–Crippen LogP) is 3.92. The lowest BCUT2D eigenvalue weighted by atomic mass is 10.2. The van der Waals surface area contributed by atoms with E-state index in [2.05, 4.69) is 15.9 Å². The van der Waals surface area contributed by atoms with Gasteiger partial charge in [-0.2, -0.15) is 11.3 Å². The molecule has 1 amide bonds. The van der Waals surface area contributed by atoms with E-state index < -0.39 is 0 Å². The molecule has 5 heteroatoms. The Morgan fingerprint density at radius 2 is 2.22 bits per heavy atom. The molecule has 94 valence electrons. The van der Waals surface area contributed by atoms with Crippen molar-refractivity contribution < 1.29 is 9.18 Å². The molecule has 2 nitrogen and oxygen atoms in total. The van der Waals surface area contributed by atoms with Gasteiger partial charge in [0.15, 0.2) is 0 Å². The molecule has 0 aliphatic carbocycles. The molecule has 0 radical (unpaired) electrons. The Morgan fingerprint density at radius 3 is 2.83 bits per heavy atom. The smallest absolute Gasteiger partial charge is 0.255 e. The maximum Gasteiger partial charge on any atom is 0.255 e. The van der Waals surface area contributed by atoms with Crippen molar-refractivity contribution in [3.05, 3.63) is 56.4 Å². The normalized spacial score (nSPS) is 10.4. The molecule has 18 heavy (non-hydrogen) atoms. The van der Waals surface area contributed by atoms with Crippen molar-refractivity contribution in [3.8, 4) is 0 Å². The molecule has 0 bridgehead atoms. The van der Waals surface area contributed by atoms with Gasteiger partial charge in [-0.25, -0.2) is 4.39 Å². The van der Waals surface area contributed by atoms with E-state index in [4.69, 9.17) is 0 Å². The first-order valence-corrected chi connectivity index (χ1v) is 7.03. The molecule has 2 rings (SSSR count). The third kappa shape index (κ3) is 2.97. The topological polar surface area (TPSA) is 20.3 Å². The van der Waals surface area contributed by atoms with Crippen LogP contribution < -0.4 is 0 Å². The van der Waals surface area contributed by atoms with Crippen LogP contribution in [-0.2, 0) is 6.54 Å². The van der Waals surface area contributed by atoms with Gasteiger partial charge in [0.05, 0.1) is 5.56 Å². The lowest BCUT2D eigenvalue weighted by Gasteiger charge is -2.17. The van der Waals surface area contributed by atoms with Crippen molar-refractivity contribution in [2.24, 2.45) is 0 Å². The lowest BCUT2D eigenvalue weighted by Crippen LogP contribution is -2.26. The van der Waals surface area contributed by atoms with Crippen molar-refractivity contribution in [2.75, 3.05) is 7.05 Å². The SMILES string of the molecule is CN(Cc1ccsc1)C(=O)c1ccc(F)cc1Br. The molecule has 1 aromatic heterocycles. The van der Waals surface area contributed by atoms with Crippen LogP contribution in [0.15, 0.2) is 39.5 Å². The number of hydrogen-bond donors (Lipinski definition) is 0. The molecule has 0 aliphatic heterocycles. The summed E-state index contributed by atoms with van der Waals surface area (Å²) in [6.45, 7) is 0.548. The number of thiophene rings is 1. The van der Waals surface area contributed by atoms with Crippen LogP contribution in [0.1, 0.15) is 15.9 Å². The highest BCUT2D eigenvalue weighted by atomic mass is 79.9. The molecular weight excluding hydrogens is 317 g/mol. The molecule has 0 aliphatic rings. The van der Waals surface area contributed by atoms with Gasteiger partial charge in [0.2, 0.25) is 0 Å². The van der Waals surface area contributed by atoms with Gasteiger partial charge in [0.1, 0.15) is 5.82 Å². The molecule has 0 atom stereocenters. The summed E-state index contributed by atoms with van der Waals surface area (Å²) in [5, 5.41) is 3.98. The number of carbonyl (C=O) groups is 1. The minimum Gasteiger partial charge on any atom is -0.337 e. The Balaban J connectivity index is 2.15. The van der Waals surface area contributed by atoms with Gasteiger partial charge in [-0.3, -0.25) is 4.79 Å². The van der Waals surface area contributed by atoms with E-state index in [1.54, 1.807) is 23.3 Å². The standard InChI is InChI=1S/C13H11BrFNOS/c1-16(7-9-4-5-18-8-9)13(17)11-3-2-10(15)6-12(11)14/h2-6,8H,7H2,1H3. The number of halogens is 2. The van der Waals surface area contributed by atoms with E-state index in [1.165, 1.54) is 18.2 Å².